The van der Waals surface area contributed by atoms with E-state index in [-0.39, 0.29) is 17.1 Å². The van der Waals surface area contributed by atoms with Crippen LogP contribution in [0, 0.1) is 11.3 Å². The van der Waals surface area contributed by atoms with Crippen LogP contribution in [-0.4, -0.2) is 21.6 Å². The maximum Gasteiger partial charge on any atom is 0.276 e. The van der Waals surface area contributed by atoms with E-state index in [0.29, 0.717) is 17.1 Å². The van der Waals surface area contributed by atoms with Crippen molar-refractivity contribution in [2.75, 3.05) is 10.6 Å². The number of hydrogen-bond donors (Lipinski definition) is 2. The van der Waals surface area contributed by atoms with E-state index >= 15 is 0 Å². The lowest BCUT2D eigenvalue weighted by atomic mass is 10.1. The first kappa shape index (κ1) is 15.4. The zero-order chi connectivity index (χ0) is 16.2. The van der Waals surface area contributed by atoms with Crippen LogP contribution in [0.1, 0.15) is 36.8 Å². The average molecular weight is 295 g/mol. The Balaban J connectivity index is 2.08. The first-order chi connectivity index (χ1) is 10.4. The molecule has 0 aliphatic rings. The Hall–Kier alpha value is -2.94. The van der Waals surface area contributed by atoms with Gasteiger partial charge in [0.2, 0.25) is 0 Å². The van der Waals surface area contributed by atoms with E-state index in [9.17, 15) is 4.79 Å². The number of aromatic nitrogens is 2. The zero-order valence-electron chi connectivity index (χ0n) is 12.7. The molecule has 1 amide bonds. The number of rotatable bonds is 3. The Morgan fingerprint density at radius 3 is 2.55 bits per heavy atom. The molecule has 112 valence electrons. The molecule has 2 rings (SSSR count). The summed E-state index contributed by atoms with van der Waals surface area (Å²) in [5, 5.41) is 22.6. The molecule has 0 fully saturated rings. The van der Waals surface area contributed by atoms with E-state index in [1.54, 1.807) is 36.4 Å². The number of benzene rings is 1. The standard InChI is InChI=1S/C16H17N5O/c1-16(2,3)19-14-8-7-13(20-21-14)15(22)18-12-6-4-5-11(9-12)10-17/h4-9H,1-3H3,(H,18,22)(H,19,21). The van der Waals surface area contributed by atoms with E-state index < -0.39 is 0 Å². The van der Waals surface area contributed by atoms with Crippen LogP contribution in [0.2, 0.25) is 0 Å². The fourth-order valence-electron chi connectivity index (χ4n) is 1.77. The first-order valence-electron chi connectivity index (χ1n) is 6.81. The zero-order valence-corrected chi connectivity index (χ0v) is 12.7. The molecule has 1 aromatic heterocycles. The van der Waals surface area contributed by atoms with Crippen molar-refractivity contribution in [3.8, 4) is 6.07 Å². The van der Waals surface area contributed by atoms with Crippen molar-refractivity contribution in [3.63, 3.8) is 0 Å². The van der Waals surface area contributed by atoms with Gasteiger partial charge in [-0.1, -0.05) is 6.07 Å². The Bertz CT molecular complexity index is 711. The molecule has 0 spiro atoms. The second kappa shape index (κ2) is 6.22. The van der Waals surface area contributed by atoms with Gasteiger partial charge in [-0.3, -0.25) is 4.79 Å². The van der Waals surface area contributed by atoms with E-state index in [4.69, 9.17) is 5.26 Å². The van der Waals surface area contributed by atoms with Gasteiger partial charge < -0.3 is 10.6 Å². The van der Waals surface area contributed by atoms with Crippen LogP contribution in [0.3, 0.4) is 0 Å². The molecule has 2 N–H and O–H groups in total. The van der Waals surface area contributed by atoms with Gasteiger partial charge in [0, 0.05) is 11.2 Å². The number of nitrogens with one attached hydrogen (secondary N) is 2. The highest BCUT2D eigenvalue weighted by atomic mass is 16.1. The number of hydrogen-bond acceptors (Lipinski definition) is 5. The summed E-state index contributed by atoms with van der Waals surface area (Å²) in [5.74, 6) is 0.237. The van der Waals surface area contributed by atoms with Gasteiger partial charge in [-0.15, -0.1) is 10.2 Å². The number of nitriles is 1. The van der Waals surface area contributed by atoms with Crippen molar-refractivity contribution in [2.24, 2.45) is 0 Å². The van der Waals surface area contributed by atoms with Crippen LogP contribution in [0.25, 0.3) is 0 Å². The maximum absolute atomic E-state index is 12.1. The molecule has 0 saturated heterocycles. The highest BCUT2D eigenvalue weighted by Gasteiger charge is 2.12. The quantitative estimate of drug-likeness (QED) is 0.908. The third-order valence-corrected chi connectivity index (χ3v) is 2.65. The normalized spacial score (nSPS) is 10.6. The monoisotopic (exact) mass is 295 g/mol. The van der Waals surface area contributed by atoms with Crippen molar-refractivity contribution in [2.45, 2.75) is 26.3 Å². The molecular weight excluding hydrogens is 278 g/mol. The second-order valence-electron chi connectivity index (χ2n) is 5.83. The molecule has 0 unspecified atom stereocenters. The Kier molecular flexibility index (Phi) is 4.37. The van der Waals surface area contributed by atoms with Gasteiger partial charge in [0.15, 0.2) is 5.69 Å². The SMILES string of the molecule is CC(C)(C)Nc1ccc(C(=O)Nc2cccc(C#N)c2)nn1. The Morgan fingerprint density at radius 2 is 1.95 bits per heavy atom. The molecule has 6 nitrogen and oxygen atoms in total. The minimum absolute atomic E-state index is 0.129. The third-order valence-electron chi connectivity index (χ3n) is 2.65. The summed E-state index contributed by atoms with van der Waals surface area (Å²) in [4.78, 5) is 12.1. The van der Waals surface area contributed by atoms with Crippen molar-refractivity contribution >= 4 is 17.4 Å². The molecule has 2 aromatic rings. The molecule has 6 heteroatoms. The van der Waals surface area contributed by atoms with E-state index in [1.807, 2.05) is 26.8 Å². The summed E-state index contributed by atoms with van der Waals surface area (Å²) >= 11 is 0. The second-order valence-corrected chi connectivity index (χ2v) is 5.83. The maximum atomic E-state index is 12.1. The van der Waals surface area contributed by atoms with Gasteiger partial charge in [-0.05, 0) is 51.1 Å². The van der Waals surface area contributed by atoms with Gasteiger partial charge in [0.05, 0.1) is 11.6 Å². The van der Waals surface area contributed by atoms with Crippen LogP contribution in [0.5, 0.6) is 0 Å². The molecule has 0 bridgehead atoms. The highest BCUT2D eigenvalue weighted by Crippen LogP contribution is 2.13. The summed E-state index contributed by atoms with van der Waals surface area (Å²) in [6.07, 6.45) is 0. The lowest BCUT2D eigenvalue weighted by Gasteiger charge is -2.20. The fourth-order valence-corrected chi connectivity index (χ4v) is 1.77. The third kappa shape index (κ3) is 4.28. The summed E-state index contributed by atoms with van der Waals surface area (Å²) in [6.45, 7) is 6.03. The molecule has 0 atom stereocenters. The highest BCUT2D eigenvalue weighted by molar-refractivity contribution is 6.02. The Morgan fingerprint density at radius 1 is 1.18 bits per heavy atom. The van der Waals surface area contributed by atoms with Crippen LogP contribution >= 0.6 is 0 Å². The summed E-state index contributed by atoms with van der Waals surface area (Å²) in [5.41, 5.74) is 1.11. The molecule has 0 saturated carbocycles. The first-order valence-corrected chi connectivity index (χ1v) is 6.81. The van der Waals surface area contributed by atoms with Crippen molar-refractivity contribution in [1.29, 1.82) is 5.26 Å². The molecule has 1 heterocycles. The number of carbonyl (C=O) groups is 1. The largest absolute Gasteiger partial charge is 0.364 e. The van der Waals surface area contributed by atoms with Crippen LogP contribution in [-0.2, 0) is 0 Å². The minimum atomic E-state index is -0.370. The van der Waals surface area contributed by atoms with E-state index in [2.05, 4.69) is 20.8 Å². The van der Waals surface area contributed by atoms with Crippen molar-refractivity contribution < 1.29 is 4.79 Å². The lowest BCUT2D eigenvalue weighted by molar-refractivity contribution is 0.102. The summed E-state index contributed by atoms with van der Waals surface area (Å²) < 4.78 is 0. The predicted octanol–water partition coefficient (Wildman–Crippen LogP) is 2.81. The molecule has 22 heavy (non-hydrogen) atoms. The van der Waals surface area contributed by atoms with Crippen LogP contribution < -0.4 is 10.6 Å². The molecular formula is C16H17N5O. The number of nitrogens with zero attached hydrogens (tertiary/aromatic N) is 3. The fraction of sp³-hybridized carbons (Fsp3) is 0.250. The van der Waals surface area contributed by atoms with Gasteiger partial charge in [-0.25, -0.2) is 0 Å². The smallest absolute Gasteiger partial charge is 0.276 e. The van der Waals surface area contributed by atoms with Crippen molar-refractivity contribution in [1.82, 2.24) is 10.2 Å². The minimum Gasteiger partial charge on any atom is -0.364 e. The molecule has 1 aromatic carbocycles. The number of carbonyl (C=O) groups excluding carboxylic acids is 1. The molecule has 0 radical (unpaired) electrons. The van der Waals surface area contributed by atoms with E-state index in [0.717, 1.165) is 0 Å². The summed E-state index contributed by atoms with van der Waals surface area (Å²) in [7, 11) is 0. The lowest BCUT2D eigenvalue weighted by Crippen LogP contribution is -2.27. The summed E-state index contributed by atoms with van der Waals surface area (Å²) in [6, 6.07) is 12.0. The Labute approximate surface area is 129 Å². The van der Waals surface area contributed by atoms with E-state index in [1.165, 1.54) is 0 Å². The van der Waals surface area contributed by atoms with Gasteiger partial charge in [-0.2, -0.15) is 5.26 Å². The molecule has 0 aliphatic carbocycles. The predicted molar refractivity (Wildman–Crippen MR) is 84.5 cm³/mol. The van der Waals surface area contributed by atoms with Crippen LogP contribution in [0.15, 0.2) is 36.4 Å². The van der Waals surface area contributed by atoms with Gasteiger partial charge in [0.1, 0.15) is 5.82 Å². The van der Waals surface area contributed by atoms with Crippen molar-refractivity contribution in [3.05, 3.63) is 47.7 Å². The number of anilines is 2. The molecule has 0 aliphatic heterocycles. The number of amides is 1. The van der Waals surface area contributed by atoms with Gasteiger partial charge in [0.25, 0.3) is 5.91 Å². The topological polar surface area (TPSA) is 90.7 Å². The van der Waals surface area contributed by atoms with Crippen LogP contribution in [0.4, 0.5) is 11.5 Å². The average Bonchev–Trinajstić information content (AvgIpc) is 2.46. The van der Waals surface area contributed by atoms with Gasteiger partial charge >= 0.3 is 0 Å².